The Morgan fingerprint density at radius 2 is 1.64 bits per heavy atom. The molecule has 128 valence electrons. The van der Waals surface area contributed by atoms with Crippen LogP contribution in [0.3, 0.4) is 0 Å². The molecule has 0 saturated carbocycles. The summed E-state index contributed by atoms with van der Waals surface area (Å²) in [5.41, 5.74) is 0.818. The van der Waals surface area contributed by atoms with Crippen molar-refractivity contribution in [1.82, 2.24) is 9.97 Å². The van der Waals surface area contributed by atoms with E-state index in [2.05, 4.69) is 9.97 Å². The second-order valence-electron chi connectivity index (χ2n) is 5.32. The van der Waals surface area contributed by atoms with E-state index in [4.69, 9.17) is 9.47 Å². The number of rotatable bonds is 8. The van der Waals surface area contributed by atoms with Crippen LogP contribution in [0.1, 0.15) is 12.8 Å². The van der Waals surface area contributed by atoms with Crippen LogP contribution in [-0.4, -0.2) is 28.1 Å². The van der Waals surface area contributed by atoms with Gasteiger partial charge >= 0.3 is 5.69 Å². The largest absolute Gasteiger partial charge is 0.487 e. The second-order valence-corrected chi connectivity index (χ2v) is 5.32. The van der Waals surface area contributed by atoms with Crippen molar-refractivity contribution in [2.75, 3.05) is 13.2 Å². The number of nitro benzene ring substituents is 1. The Bertz CT molecular complexity index is 864. The number of ether oxygens (including phenoxy) is 2. The molecule has 0 saturated heterocycles. The average molecular weight is 339 g/mol. The molecule has 0 aliphatic rings. The van der Waals surface area contributed by atoms with Crippen molar-refractivity contribution in [3.8, 4) is 11.6 Å². The highest BCUT2D eigenvalue weighted by Gasteiger charge is 2.13. The lowest BCUT2D eigenvalue weighted by molar-refractivity contribution is -0.385. The maximum Gasteiger partial charge on any atom is 0.310 e. The van der Waals surface area contributed by atoms with Crippen molar-refractivity contribution in [3.63, 3.8) is 0 Å². The van der Waals surface area contributed by atoms with Gasteiger partial charge < -0.3 is 9.47 Å². The number of benzene rings is 2. The average Bonchev–Trinajstić information content (AvgIpc) is 2.65. The molecule has 3 aromatic rings. The van der Waals surface area contributed by atoms with Crippen molar-refractivity contribution >= 4 is 16.6 Å². The van der Waals surface area contributed by atoms with Gasteiger partial charge in [-0.05, 0) is 31.0 Å². The lowest BCUT2D eigenvalue weighted by Crippen LogP contribution is -2.04. The van der Waals surface area contributed by atoms with Crippen LogP contribution in [0.5, 0.6) is 11.6 Å². The van der Waals surface area contributed by atoms with Gasteiger partial charge in [0.1, 0.15) is 6.33 Å². The first-order valence-electron chi connectivity index (χ1n) is 7.94. The number of para-hydroxylation sites is 3. The van der Waals surface area contributed by atoms with E-state index >= 15 is 0 Å². The molecule has 0 N–H and O–H groups in total. The van der Waals surface area contributed by atoms with Crippen molar-refractivity contribution in [2.24, 2.45) is 0 Å². The Kier molecular flexibility index (Phi) is 5.36. The van der Waals surface area contributed by atoms with Crippen LogP contribution in [0.25, 0.3) is 10.9 Å². The number of aromatic nitrogens is 2. The van der Waals surface area contributed by atoms with Gasteiger partial charge in [0.15, 0.2) is 5.75 Å². The molecule has 7 nitrogen and oxygen atoms in total. The fraction of sp³-hybridized carbons (Fsp3) is 0.222. The van der Waals surface area contributed by atoms with E-state index in [0.29, 0.717) is 19.1 Å². The third-order valence-electron chi connectivity index (χ3n) is 3.60. The van der Waals surface area contributed by atoms with Crippen LogP contribution in [-0.2, 0) is 0 Å². The highest BCUT2D eigenvalue weighted by atomic mass is 16.6. The Morgan fingerprint density at radius 1 is 0.920 bits per heavy atom. The highest BCUT2D eigenvalue weighted by molar-refractivity contribution is 5.82. The molecule has 0 spiro atoms. The number of fused-ring (bicyclic) bond motifs is 1. The molecule has 0 aliphatic heterocycles. The normalized spacial score (nSPS) is 10.6. The summed E-state index contributed by atoms with van der Waals surface area (Å²) in [7, 11) is 0. The molecule has 1 aromatic heterocycles. The summed E-state index contributed by atoms with van der Waals surface area (Å²) in [6, 6.07) is 14.0. The molecule has 0 amide bonds. The zero-order chi connectivity index (χ0) is 17.5. The molecule has 0 aliphatic carbocycles. The van der Waals surface area contributed by atoms with E-state index in [1.165, 1.54) is 12.4 Å². The molecule has 0 fully saturated rings. The van der Waals surface area contributed by atoms with E-state index in [-0.39, 0.29) is 11.4 Å². The van der Waals surface area contributed by atoms with Gasteiger partial charge in [0.2, 0.25) is 5.88 Å². The fourth-order valence-corrected chi connectivity index (χ4v) is 2.38. The highest BCUT2D eigenvalue weighted by Crippen LogP contribution is 2.26. The quantitative estimate of drug-likeness (QED) is 0.353. The molecule has 0 radical (unpaired) electrons. The minimum atomic E-state index is -0.446. The Balaban J connectivity index is 1.46. The number of hydrogen-bond acceptors (Lipinski definition) is 6. The topological polar surface area (TPSA) is 87.4 Å². The molecule has 0 atom stereocenters. The first kappa shape index (κ1) is 16.6. The molecular formula is C18H17N3O4. The molecule has 0 unspecified atom stereocenters. The summed E-state index contributed by atoms with van der Waals surface area (Å²) in [4.78, 5) is 18.8. The van der Waals surface area contributed by atoms with Crippen LogP contribution < -0.4 is 9.47 Å². The molecule has 1 heterocycles. The predicted octanol–water partition coefficient (Wildman–Crippen LogP) is 3.78. The lowest BCUT2D eigenvalue weighted by Gasteiger charge is -2.08. The van der Waals surface area contributed by atoms with Crippen molar-refractivity contribution < 1.29 is 14.4 Å². The van der Waals surface area contributed by atoms with E-state index < -0.39 is 4.92 Å². The number of nitrogens with zero attached hydrogens (tertiary/aromatic N) is 3. The van der Waals surface area contributed by atoms with Crippen LogP contribution in [0.2, 0.25) is 0 Å². The smallest absolute Gasteiger partial charge is 0.310 e. The molecule has 2 aromatic carbocycles. The summed E-state index contributed by atoms with van der Waals surface area (Å²) in [6.07, 6.45) is 2.95. The summed E-state index contributed by atoms with van der Waals surface area (Å²) in [6.45, 7) is 0.875. The number of nitro groups is 1. The molecule has 7 heteroatoms. The van der Waals surface area contributed by atoms with Crippen molar-refractivity contribution in [3.05, 3.63) is 65.0 Å². The molecule has 0 bridgehead atoms. The van der Waals surface area contributed by atoms with Gasteiger partial charge in [-0.1, -0.05) is 24.3 Å². The lowest BCUT2D eigenvalue weighted by atomic mass is 10.2. The maximum atomic E-state index is 10.9. The first-order chi connectivity index (χ1) is 12.3. The van der Waals surface area contributed by atoms with Gasteiger partial charge in [-0.15, -0.1) is 0 Å². The minimum Gasteiger partial charge on any atom is -0.487 e. The Hall–Kier alpha value is -3.22. The van der Waals surface area contributed by atoms with Gasteiger partial charge in [-0.25, -0.2) is 9.97 Å². The van der Waals surface area contributed by atoms with Crippen LogP contribution in [0.15, 0.2) is 54.9 Å². The van der Waals surface area contributed by atoms with Gasteiger partial charge in [-0.3, -0.25) is 10.1 Å². The fourth-order valence-electron chi connectivity index (χ4n) is 2.38. The SMILES string of the molecule is O=[N+]([O-])c1ccccc1OCCCCOc1ncnc2ccccc12. The van der Waals surface area contributed by atoms with Gasteiger partial charge in [0.25, 0.3) is 0 Å². The predicted molar refractivity (Wildman–Crippen MR) is 92.9 cm³/mol. The first-order valence-corrected chi connectivity index (χ1v) is 7.94. The van der Waals surface area contributed by atoms with E-state index in [1.807, 2.05) is 24.3 Å². The molecule has 3 rings (SSSR count). The third kappa shape index (κ3) is 4.20. The van der Waals surface area contributed by atoms with Crippen LogP contribution in [0.4, 0.5) is 5.69 Å². The van der Waals surface area contributed by atoms with E-state index in [0.717, 1.165) is 23.7 Å². The van der Waals surface area contributed by atoms with E-state index in [1.54, 1.807) is 18.2 Å². The number of unbranched alkanes of at least 4 members (excludes halogenated alkanes) is 1. The van der Waals surface area contributed by atoms with Gasteiger partial charge in [-0.2, -0.15) is 0 Å². The third-order valence-corrected chi connectivity index (χ3v) is 3.60. The zero-order valence-corrected chi connectivity index (χ0v) is 13.5. The van der Waals surface area contributed by atoms with Crippen LogP contribution in [0, 0.1) is 10.1 Å². The second kappa shape index (κ2) is 8.05. The monoisotopic (exact) mass is 339 g/mol. The zero-order valence-electron chi connectivity index (χ0n) is 13.5. The summed E-state index contributed by atoms with van der Waals surface area (Å²) >= 11 is 0. The Morgan fingerprint density at radius 3 is 2.48 bits per heavy atom. The molecular weight excluding hydrogens is 322 g/mol. The number of hydrogen-bond donors (Lipinski definition) is 0. The minimum absolute atomic E-state index is 0.0220. The Labute approximate surface area is 144 Å². The molecule has 25 heavy (non-hydrogen) atoms. The maximum absolute atomic E-state index is 10.9. The summed E-state index contributed by atoms with van der Waals surface area (Å²) < 4.78 is 11.2. The summed E-state index contributed by atoms with van der Waals surface area (Å²) in [5, 5.41) is 11.8. The van der Waals surface area contributed by atoms with Crippen molar-refractivity contribution in [2.45, 2.75) is 12.8 Å². The van der Waals surface area contributed by atoms with Crippen molar-refractivity contribution in [1.29, 1.82) is 0 Å². The van der Waals surface area contributed by atoms with Gasteiger partial charge in [0, 0.05) is 6.07 Å². The standard InChI is InChI=1S/C18H17N3O4/c22-21(23)16-9-3-4-10-17(16)24-11-5-6-12-25-18-14-7-1-2-8-15(14)19-13-20-18/h1-4,7-10,13H,5-6,11-12H2. The van der Waals surface area contributed by atoms with Gasteiger partial charge in [0.05, 0.1) is 29.0 Å². The van der Waals surface area contributed by atoms with Crippen LogP contribution >= 0.6 is 0 Å². The summed E-state index contributed by atoms with van der Waals surface area (Å²) in [5.74, 6) is 0.848. The van der Waals surface area contributed by atoms with E-state index in [9.17, 15) is 10.1 Å².